The Labute approximate surface area is 201 Å². The summed E-state index contributed by atoms with van der Waals surface area (Å²) in [6.45, 7) is 6.74. The Morgan fingerprint density at radius 1 is 1.12 bits per heavy atom. The van der Waals surface area contributed by atoms with Crippen molar-refractivity contribution in [3.8, 4) is 5.75 Å². The molecule has 34 heavy (non-hydrogen) atoms. The van der Waals surface area contributed by atoms with Crippen LogP contribution in [0.1, 0.15) is 48.1 Å². The van der Waals surface area contributed by atoms with Crippen molar-refractivity contribution in [3.05, 3.63) is 87.1 Å². The van der Waals surface area contributed by atoms with Gasteiger partial charge in [0, 0.05) is 27.7 Å². The van der Waals surface area contributed by atoms with Crippen molar-refractivity contribution in [3.63, 3.8) is 0 Å². The van der Waals surface area contributed by atoms with E-state index in [1.807, 2.05) is 30.3 Å². The van der Waals surface area contributed by atoms with Crippen LogP contribution in [0.25, 0.3) is 0 Å². The van der Waals surface area contributed by atoms with E-state index in [0.29, 0.717) is 23.5 Å². The summed E-state index contributed by atoms with van der Waals surface area (Å²) in [6.07, 6.45) is 0. The second kappa shape index (κ2) is 8.68. The first-order valence-corrected chi connectivity index (χ1v) is 11.1. The predicted octanol–water partition coefficient (Wildman–Crippen LogP) is 3.73. The zero-order chi connectivity index (χ0) is 24.8. The van der Waals surface area contributed by atoms with Gasteiger partial charge in [-0.05, 0) is 23.3 Å². The molecule has 0 bridgehead atoms. The molecule has 1 unspecified atom stereocenters. The van der Waals surface area contributed by atoms with E-state index in [1.165, 1.54) is 32.0 Å². The van der Waals surface area contributed by atoms with Gasteiger partial charge in [-0.3, -0.25) is 9.59 Å². The van der Waals surface area contributed by atoms with Crippen LogP contribution in [-0.2, 0) is 25.6 Å². The van der Waals surface area contributed by atoms with Gasteiger partial charge in [-0.2, -0.15) is 0 Å². The summed E-state index contributed by atoms with van der Waals surface area (Å²) >= 11 is 6.17. The molecule has 4 rings (SSSR count). The normalized spacial score (nSPS) is 16.7. The fourth-order valence-electron chi connectivity index (χ4n) is 4.26. The van der Waals surface area contributed by atoms with Gasteiger partial charge >= 0.3 is 11.9 Å². The van der Waals surface area contributed by atoms with Gasteiger partial charge in [0.05, 0.1) is 5.02 Å². The number of hydrogen-bond donors (Lipinski definition) is 1. The van der Waals surface area contributed by atoms with E-state index in [-0.39, 0.29) is 16.6 Å². The van der Waals surface area contributed by atoms with Gasteiger partial charge in [0.2, 0.25) is 0 Å². The Hall–Kier alpha value is -3.52. The number of carbonyl (C=O) groups is 2. The van der Waals surface area contributed by atoms with Crippen molar-refractivity contribution in [2.45, 2.75) is 45.9 Å². The Balaban J connectivity index is 1.95. The number of ether oxygens (including phenoxy) is 2. The molecule has 1 atom stereocenters. The largest absolute Gasteiger partial charge is 0.711 e. The molecule has 2 heterocycles. The summed E-state index contributed by atoms with van der Waals surface area (Å²) in [6, 6.07) is 13.8. The highest BCUT2D eigenvalue weighted by molar-refractivity contribution is 6.32. The van der Waals surface area contributed by atoms with Crippen molar-refractivity contribution in [2.24, 2.45) is 5.92 Å². The second-order valence-electron chi connectivity index (χ2n) is 8.80. The highest BCUT2D eigenvalue weighted by Crippen LogP contribution is 2.40. The first-order chi connectivity index (χ1) is 16.0. The van der Waals surface area contributed by atoms with Crippen molar-refractivity contribution >= 4 is 23.5 Å². The topological polar surface area (TPSA) is 105 Å². The number of carbonyl (C=O) groups excluding carboxylic acids is 2. The summed E-state index contributed by atoms with van der Waals surface area (Å²) in [5.41, 5.74) is 2.43. The third-order valence-corrected chi connectivity index (χ3v) is 6.35. The summed E-state index contributed by atoms with van der Waals surface area (Å²) in [4.78, 5) is 26.2. The number of cyclic esters (lactones) is 2. The number of rotatable bonds is 5. The molecule has 9 heteroatoms. The molecule has 0 radical (unpaired) electrons. The Morgan fingerprint density at radius 2 is 1.74 bits per heavy atom. The lowest BCUT2D eigenvalue weighted by Crippen LogP contribution is -2.50. The molecule has 0 spiro atoms. The van der Waals surface area contributed by atoms with Crippen molar-refractivity contribution < 1.29 is 28.9 Å². The van der Waals surface area contributed by atoms with Crippen LogP contribution in [0, 0.1) is 25.0 Å². The Morgan fingerprint density at radius 3 is 2.32 bits per heavy atom. The smallest absolute Gasteiger partial charge is 0.324 e. The molecule has 1 fully saturated rings. The molecule has 1 saturated heterocycles. The van der Waals surface area contributed by atoms with Gasteiger partial charge in [-0.25, -0.2) is 9.30 Å². The molecule has 1 aromatic heterocycles. The molecule has 1 aliphatic rings. The fraction of sp³-hybridized carbons (Fsp3) is 0.320. The van der Waals surface area contributed by atoms with Crippen LogP contribution in [0.4, 0.5) is 0 Å². The Kier molecular flexibility index (Phi) is 6.03. The average Bonchev–Trinajstić information content (AvgIpc) is 2.96. The van der Waals surface area contributed by atoms with Crippen LogP contribution < -0.4 is 4.73 Å². The number of imidazole rings is 1. The minimum absolute atomic E-state index is 0.0208. The number of aromatic hydroxyl groups is 1. The highest BCUT2D eigenvalue weighted by Gasteiger charge is 2.52. The maximum Gasteiger partial charge on any atom is 0.324 e. The van der Waals surface area contributed by atoms with E-state index in [0.717, 1.165) is 10.3 Å². The summed E-state index contributed by atoms with van der Waals surface area (Å²) < 4.78 is 13.3. The first-order valence-electron chi connectivity index (χ1n) is 10.8. The van der Waals surface area contributed by atoms with Crippen molar-refractivity contribution in [2.75, 3.05) is 0 Å². The number of nitrogens with zero attached hydrogens (tertiary/aromatic N) is 2. The van der Waals surface area contributed by atoms with E-state index >= 15 is 0 Å². The maximum atomic E-state index is 13.5. The molecule has 1 N–H and O–H groups in total. The lowest BCUT2D eigenvalue weighted by Gasteiger charge is -2.35. The van der Waals surface area contributed by atoms with Gasteiger partial charge in [0.15, 0.2) is 5.92 Å². The SMILES string of the molecule is Cc1c(C)[n+]([O-])c(C(c2ccc(O)c(Cl)c2)C2C(=O)OC(C)(C)OC2=O)n1Cc1ccccc1. The van der Waals surface area contributed by atoms with Crippen molar-refractivity contribution in [1.82, 2.24) is 4.57 Å². The van der Waals surface area contributed by atoms with Gasteiger partial charge < -0.3 is 19.8 Å². The zero-order valence-corrected chi connectivity index (χ0v) is 20.0. The molecular weight excluding hydrogens is 460 g/mol. The molecule has 1 aliphatic heterocycles. The number of aromatic nitrogens is 2. The van der Waals surface area contributed by atoms with Crippen LogP contribution in [0.3, 0.4) is 0 Å². The van der Waals surface area contributed by atoms with E-state index in [2.05, 4.69) is 0 Å². The number of hydrogen-bond acceptors (Lipinski definition) is 6. The summed E-state index contributed by atoms with van der Waals surface area (Å²) in [7, 11) is 0. The average molecular weight is 485 g/mol. The number of benzene rings is 2. The molecule has 0 amide bonds. The zero-order valence-electron chi connectivity index (χ0n) is 19.2. The first kappa shape index (κ1) is 23.6. The Bertz CT molecular complexity index is 1250. The van der Waals surface area contributed by atoms with E-state index in [4.69, 9.17) is 21.1 Å². The van der Waals surface area contributed by atoms with E-state index in [9.17, 15) is 19.9 Å². The summed E-state index contributed by atoms with van der Waals surface area (Å²) in [5.74, 6) is -5.57. The van der Waals surface area contributed by atoms with Gasteiger partial charge in [0.25, 0.3) is 11.6 Å². The standard InChI is InChI=1S/C25H25ClN2O6/c1-14-15(2)28(32)22(27(14)13-16-8-6-5-7-9-16)20(17-10-11-19(29)18(26)12-17)21-23(30)33-25(3,4)34-24(21)31/h5-12,20-21,29H,13H2,1-4H3. The highest BCUT2D eigenvalue weighted by atomic mass is 35.5. The lowest BCUT2D eigenvalue weighted by molar-refractivity contribution is -0.621. The lowest BCUT2D eigenvalue weighted by atomic mass is 9.84. The summed E-state index contributed by atoms with van der Waals surface area (Å²) in [5, 5.41) is 23.4. The van der Waals surface area contributed by atoms with E-state index < -0.39 is 29.6 Å². The predicted molar refractivity (Wildman–Crippen MR) is 123 cm³/mol. The molecule has 8 nitrogen and oxygen atoms in total. The number of halogens is 1. The second-order valence-corrected chi connectivity index (χ2v) is 9.21. The monoisotopic (exact) mass is 484 g/mol. The molecule has 178 valence electrons. The molecule has 0 aliphatic carbocycles. The van der Waals surface area contributed by atoms with Crippen LogP contribution in [0.2, 0.25) is 5.02 Å². The van der Waals surface area contributed by atoms with Crippen LogP contribution in [-0.4, -0.2) is 27.4 Å². The fourth-order valence-corrected chi connectivity index (χ4v) is 4.45. The molecule has 3 aromatic rings. The van der Waals surface area contributed by atoms with Crippen LogP contribution in [0.5, 0.6) is 5.75 Å². The van der Waals surface area contributed by atoms with Crippen LogP contribution >= 0.6 is 11.6 Å². The molecular formula is C25H25ClN2O6. The maximum absolute atomic E-state index is 13.5. The van der Waals surface area contributed by atoms with E-state index in [1.54, 1.807) is 18.4 Å². The van der Waals surface area contributed by atoms with Gasteiger partial charge in [-0.1, -0.05) is 48.0 Å². The number of phenolic OH excluding ortho intramolecular Hbond substituents is 1. The van der Waals surface area contributed by atoms with Gasteiger partial charge in [-0.15, -0.1) is 0 Å². The quantitative estimate of drug-likeness (QED) is 0.256. The van der Waals surface area contributed by atoms with Crippen molar-refractivity contribution in [1.29, 1.82) is 0 Å². The third-order valence-electron chi connectivity index (χ3n) is 6.04. The minimum atomic E-state index is -1.45. The number of esters is 2. The minimum Gasteiger partial charge on any atom is -0.711 e. The van der Waals surface area contributed by atoms with Gasteiger partial charge in [0.1, 0.15) is 29.6 Å². The number of phenols is 1. The molecule has 0 saturated carbocycles. The molecule has 2 aromatic carbocycles. The van der Waals surface area contributed by atoms with Crippen LogP contribution in [0.15, 0.2) is 48.5 Å². The third kappa shape index (κ3) is 4.21.